The van der Waals surface area contributed by atoms with Crippen LogP contribution in [-0.4, -0.2) is 75.5 Å². The lowest BCUT2D eigenvalue weighted by molar-refractivity contribution is -0.135. The Labute approximate surface area is 226 Å². The molecule has 3 heterocycles. The normalized spacial score (nSPS) is 16.4. The number of ether oxygens (including phenoxy) is 4. The number of fused-ring (bicyclic) bond motifs is 1. The topological polar surface area (TPSA) is 97.7 Å². The van der Waals surface area contributed by atoms with Gasteiger partial charge in [-0.2, -0.15) is 0 Å². The summed E-state index contributed by atoms with van der Waals surface area (Å²) >= 11 is 0. The Morgan fingerprint density at radius 2 is 2.05 bits per heavy atom. The highest BCUT2D eigenvalue weighted by Gasteiger charge is 2.45. The van der Waals surface area contributed by atoms with Crippen LogP contribution in [-0.2, 0) is 9.53 Å². The summed E-state index contributed by atoms with van der Waals surface area (Å²) in [5.41, 5.74) is 2.62. The maximum atomic E-state index is 15.2. The van der Waals surface area contributed by atoms with E-state index in [1.807, 2.05) is 11.8 Å². The van der Waals surface area contributed by atoms with Crippen LogP contribution >= 0.6 is 0 Å². The number of carbonyl (C=O) groups excluding carboxylic acids is 1. The van der Waals surface area contributed by atoms with Crippen molar-refractivity contribution in [3.8, 4) is 17.2 Å². The average molecular weight is 537 g/mol. The zero-order valence-corrected chi connectivity index (χ0v) is 22.5. The van der Waals surface area contributed by atoms with Crippen LogP contribution in [0.25, 0.3) is 10.9 Å². The molecule has 0 atom stereocenters. The van der Waals surface area contributed by atoms with Crippen LogP contribution in [0.4, 0.5) is 10.1 Å². The molecule has 39 heavy (non-hydrogen) atoms. The number of aromatic nitrogens is 1. The number of aliphatic imine (C=N–C) groups is 2. The van der Waals surface area contributed by atoms with Gasteiger partial charge in [0.1, 0.15) is 0 Å². The van der Waals surface area contributed by atoms with E-state index in [1.165, 1.54) is 7.11 Å². The van der Waals surface area contributed by atoms with Gasteiger partial charge in [0.05, 0.1) is 38.2 Å². The van der Waals surface area contributed by atoms with Gasteiger partial charge in [0, 0.05) is 54.6 Å². The number of hydrogen-bond donors (Lipinski definition) is 1. The molecule has 0 unspecified atom stereocenters. The lowest BCUT2D eigenvalue weighted by Crippen LogP contribution is -2.45. The molecule has 2 aromatic carbocycles. The molecule has 2 saturated heterocycles. The lowest BCUT2D eigenvalue weighted by Gasteiger charge is -2.37. The fourth-order valence-electron chi connectivity index (χ4n) is 5.15. The minimum absolute atomic E-state index is 0.0369. The minimum Gasteiger partial charge on any atom is -0.493 e. The first kappa shape index (κ1) is 26.7. The van der Waals surface area contributed by atoms with Crippen molar-refractivity contribution in [2.24, 2.45) is 15.4 Å². The first-order valence-corrected chi connectivity index (χ1v) is 13.0. The van der Waals surface area contributed by atoms with Gasteiger partial charge in [0.2, 0.25) is 11.8 Å². The van der Waals surface area contributed by atoms with Gasteiger partial charge in [0.15, 0.2) is 23.1 Å². The third-order valence-electron chi connectivity index (χ3n) is 7.33. The molecule has 2 fully saturated rings. The van der Waals surface area contributed by atoms with E-state index in [0.717, 1.165) is 38.4 Å². The van der Waals surface area contributed by atoms with Crippen molar-refractivity contribution in [2.75, 3.05) is 47.1 Å². The van der Waals surface area contributed by atoms with Crippen LogP contribution in [0, 0.1) is 18.2 Å². The molecule has 3 aromatic rings. The Morgan fingerprint density at radius 3 is 2.72 bits per heavy atom. The predicted molar refractivity (Wildman–Crippen MR) is 147 cm³/mol. The maximum Gasteiger partial charge on any atom is 0.224 e. The first-order valence-electron chi connectivity index (χ1n) is 13.0. The third kappa shape index (κ3) is 5.34. The van der Waals surface area contributed by atoms with E-state index in [4.69, 9.17) is 18.9 Å². The minimum atomic E-state index is -0.488. The number of hydrogen-bond acceptors (Lipinski definition) is 7. The van der Waals surface area contributed by atoms with Gasteiger partial charge >= 0.3 is 0 Å². The summed E-state index contributed by atoms with van der Waals surface area (Å²) in [5, 5.41) is 0.434. The largest absolute Gasteiger partial charge is 0.493 e. The summed E-state index contributed by atoms with van der Waals surface area (Å²) in [6.07, 6.45) is 1.97. The van der Waals surface area contributed by atoms with E-state index in [0.29, 0.717) is 53.1 Å². The molecule has 0 aliphatic carbocycles. The van der Waals surface area contributed by atoms with Gasteiger partial charge in [-0.1, -0.05) is 0 Å². The molecule has 206 valence electrons. The van der Waals surface area contributed by atoms with Crippen LogP contribution in [0.5, 0.6) is 17.2 Å². The van der Waals surface area contributed by atoms with Crippen molar-refractivity contribution in [1.29, 1.82) is 0 Å². The Kier molecular flexibility index (Phi) is 7.56. The molecule has 2 aliphatic rings. The number of aromatic amines is 1. The van der Waals surface area contributed by atoms with Crippen LogP contribution in [0.3, 0.4) is 0 Å². The van der Waals surface area contributed by atoms with E-state index >= 15 is 4.39 Å². The van der Waals surface area contributed by atoms with E-state index in [9.17, 15) is 4.79 Å². The molecule has 9 nitrogen and oxygen atoms in total. The van der Waals surface area contributed by atoms with E-state index < -0.39 is 5.82 Å². The Hall–Kier alpha value is -3.92. The number of benzene rings is 2. The lowest BCUT2D eigenvalue weighted by atomic mass is 9.85. The molecule has 5 rings (SSSR count). The van der Waals surface area contributed by atoms with Gasteiger partial charge in [-0.25, -0.2) is 4.39 Å². The number of amides is 1. The number of methoxy groups -OCH3 is 1. The first-order chi connectivity index (χ1) is 18.9. The highest BCUT2D eigenvalue weighted by Crippen LogP contribution is 2.38. The summed E-state index contributed by atoms with van der Waals surface area (Å²) in [4.78, 5) is 26.0. The number of nitrogens with zero attached hydrogens (tertiary/aromatic N) is 3. The Balaban J connectivity index is 1.25. The highest BCUT2D eigenvalue weighted by atomic mass is 19.1. The monoisotopic (exact) mass is 536 g/mol. The Bertz CT molecular complexity index is 1430. The molecule has 10 heteroatoms. The number of H-pyrrole nitrogens is 1. The van der Waals surface area contributed by atoms with Crippen molar-refractivity contribution in [2.45, 2.75) is 26.2 Å². The van der Waals surface area contributed by atoms with Gasteiger partial charge in [-0.3, -0.25) is 14.8 Å². The second-order valence-electron chi connectivity index (χ2n) is 10.1. The van der Waals surface area contributed by atoms with Crippen molar-refractivity contribution in [3.05, 3.63) is 47.4 Å². The molecule has 1 amide bonds. The summed E-state index contributed by atoms with van der Waals surface area (Å²) in [6, 6.07) is 8.39. The van der Waals surface area contributed by atoms with E-state index in [1.54, 1.807) is 37.4 Å². The van der Waals surface area contributed by atoms with Crippen molar-refractivity contribution in [3.63, 3.8) is 0 Å². The molecule has 1 aromatic heterocycles. The molecular formula is C29H33FN4O5. The molecular weight excluding hydrogens is 503 g/mol. The summed E-state index contributed by atoms with van der Waals surface area (Å²) in [7, 11) is 3.07. The van der Waals surface area contributed by atoms with Crippen LogP contribution in [0.1, 0.15) is 30.5 Å². The highest BCUT2D eigenvalue weighted by molar-refractivity contribution is 6.01. The fourth-order valence-corrected chi connectivity index (χ4v) is 5.15. The maximum absolute atomic E-state index is 15.2. The third-order valence-corrected chi connectivity index (χ3v) is 7.33. The number of carbonyl (C=O) groups is 1. The SMILES string of the molecule is C=Nc1cc(OCCCC(=O)N2CCC3(COC3)C2)c(OC)cc1/C(=N\C)Oc1ccc2[nH]c(C)cc2c1F. The number of rotatable bonds is 9. The van der Waals surface area contributed by atoms with Crippen LogP contribution < -0.4 is 14.2 Å². The van der Waals surface area contributed by atoms with Crippen LogP contribution in [0.2, 0.25) is 0 Å². The van der Waals surface area contributed by atoms with Gasteiger partial charge in [0.25, 0.3) is 0 Å². The Morgan fingerprint density at radius 1 is 1.23 bits per heavy atom. The predicted octanol–water partition coefficient (Wildman–Crippen LogP) is 4.82. The van der Waals surface area contributed by atoms with Crippen LogP contribution in [0.15, 0.2) is 40.3 Å². The average Bonchev–Trinajstić information content (AvgIpc) is 3.55. The molecule has 1 spiro atoms. The van der Waals surface area contributed by atoms with Gasteiger partial charge in [-0.15, -0.1) is 0 Å². The zero-order valence-electron chi connectivity index (χ0n) is 22.5. The molecule has 2 aliphatic heterocycles. The van der Waals surface area contributed by atoms with E-state index in [2.05, 4.69) is 21.7 Å². The molecule has 1 N–H and O–H groups in total. The molecule has 0 radical (unpaired) electrons. The summed E-state index contributed by atoms with van der Waals surface area (Å²) < 4.78 is 37.9. The fraction of sp³-hybridized carbons (Fsp3) is 0.414. The molecule has 0 bridgehead atoms. The summed E-state index contributed by atoms with van der Waals surface area (Å²) in [5.74, 6) is 0.719. The van der Waals surface area contributed by atoms with Crippen molar-refractivity contribution >= 4 is 35.1 Å². The smallest absolute Gasteiger partial charge is 0.224 e. The quantitative estimate of drug-likeness (QED) is 0.240. The van der Waals surface area contributed by atoms with E-state index in [-0.39, 0.29) is 23.0 Å². The van der Waals surface area contributed by atoms with Crippen molar-refractivity contribution < 1.29 is 28.1 Å². The molecule has 0 saturated carbocycles. The standard InChI is InChI=1S/C29H33FN4O5/c1-18-12-19-21(33-18)7-8-23(27(19)30)39-28(32-3)20-13-24(36-4)25(14-22(20)31-2)38-11-5-6-26(35)34-10-9-29(15-34)16-37-17-29/h7-8,12-14,33H,2,5-6,9-11,15-17H2,1,3-4H3/b32-28+. The number of nitrogens with one attached hydrogen (secondary N) is 1. The second-order valence-corrected chi connectivity index (χ2v) is 10.1. The second kappa shape index (κ2) is 11.1. The van der Waals surface area contributed by atoms with Crippen molar-refractivity contribution in [1.82, 2.24) is 9.88 Å². The zero-order chi connectivity index (χ0) is 27.6. The number of halogens is 1. The summed E-state index contributed by atoms with van der Waals surface area (Å²) in [6.45, 7) is 8.93. The van der Waals surface area contributed by atoms with Gasteiger partial charge < -0.3 is 28.8 Å². The number of likely N-dealkylation sites (tertiary alicyclic amines) is 1. The number of aryl methyl sites for hydroxylation is 1. The van der Waals surface area contributed by atoms with Gasteiger partial charge in [-0.05, 0) is 50.7 Å².